The Balaban J connectivity index is 1.42. The van der Waals surface area contributed by atoms with Crippen molar-refractivity contribution in [1.29, 1.82) is 0 Å². The number of amides is 2. The Hall–Kier alpha value is -2.52. The molecular weight excluding hydrogens is 401 g/mol. The number of carbonyl (C=O) groups excluding carboxylic acids is 2. The van der Waals surface area contributed by atoms with E-state index in [4.69, 9.17) is 16.3 Å². The standard InChI is InChI=1S/C19H21ClFN5O3/c20-13-2-1-3-14(21)17(13)19(28)25-6-4-15-23-24-16(26(15)8-7-25)10-22-18(27)12-5-9-29-11-12/h1-3,12H,4-11H2,(H,22,27)/t12-/m0/s1. The lowest BCUT2D eigenvalue weighted by Crippen LogP contribution is -2.35. The van der Waals surface area contributed by atoms with E-state index in [0.717, 1.165) is 12.2 Å². The van der Waals surface area contributed by atoms with Gasteiger partial charge in [-0.2, -0.15) is 0 Å². The van der Waals surface area contributed by atoms with Gasteiger partial charge in [0, 0.05) is 32.7 Å². The third kappa shape index (κ3) is 4.11. The maximum absolute atomic E-state index is 14.1. The van der Waals surface area contributed by atoms with E-state index in [1.165, 1.54) is 18.2 Å². The zero-order valence-electron chi connectivity index (χ0n) is 15.7. The van der Waals surface area contributed by atoms with Crippen LogP contribution >= 0.6 is 11.6 Å². The smallest absolute Gasteiger partial charge is 0.258 e. The molecule has 1 N–H and O–H groups in total. The van der Waals surface area contributed by atoms with Crippen LogP contribution in [0.15, 0.2) is 18.2 Å². The Morgan fingerprint density at radius 1 is 1.28 bits per heavy atom. The summed E-state index contributed by atoms with van der Waals surface area (Å²) in [6, 6.07) is 4.19. The Morgan fingerprint density at radius 3 is 2.90 bits per heavy atom. The van der Waals surface area contributed by atoms with Gasteiger partial charge < -0.3 is 19.5 Å². The first-order valence-corrected chi connectivity index (χ1v) is 9.92. The van der Waals surface area contributed by atoms with Crippen LogP contribution in [0.5, 0.6) is 0 Å². The summed E-state index contributed by atoms with van der Waals surface area (Å²) in [5.41, 5.74) is -0.113. The largest absolute Gasteiger partial charge is 0.381 e. The highest BCUT2D eigenvalue weighted by molar-refractivity contribution is 6.33. The third-order valence-electron chi connectivity index (χ3n) is 5.29. The molecule has 1 atom stereocenters. The van der Waals surface area contributed by atoms with Gasteiger partial charge in [-0.05, 0) is 18.6 Å². The molecule has 8 nitrogen and oxygen atoms in total. The summed E-state index contributed by atoms with van der Waals surface area (Å²) >= 11 is 6.04. The molecule has 0 bridgehead atoms. The molecule has 1 aromatic heterocycles. The quantitative estimate of drug-likeness (QED) is 0.806. The predicted octanol–water partition coefficient (Wildman–Crippen LogP) is 1.42. The van der Waals surface area contributed by atoms with Crippen molar-refractivity contribution < 1.29 is 18.7 Å². The average Bonchev–Trinajstić information content (AvgIpc) is 3.32. The molecule has 2 aromatic rings. The second-order valence-corrected chi connectivity index (χ2v) is 7.51. The van der Waals surface area contributed by atoms with E-state index in [1.807, 2.05) is 4.57 Å². The highest BCUT2D eigenvalue weighted by atomic mass is 35.5. The molecule has 0 unspecified atom stereocenters. The molecule has 2 amide bonds. The van der Waals surface area contributed by atoms with Crippen molar-refractivity contribution in [1.82, 2.24) is 25.0 Å². The normalized spacial score (nSPS) is 19.0. The van der Waals surface area contributed by atoms with Crippen molar-refractivity contribution in [3.05, 3.63) is 46.3 Å². The summed E-state index contributed by atoms with van der Waals surface area (Å²) in [6.45, 7) is 2.51. The lowest BCUT2D eigenvalue weighted by molar-refractivity contribution is -0.125. The molecule has 1 saturated heterocycles. The first-order valence-electron chi connectivity index (χ1n) is 9.54. The Bertz CT molecular complexity index is 908. The minimum absolute atomic E-state index is 0.0560. The molecule has 3 heterocycles. The van der Waals surface area contributed by atoms with Crippen LogP contribution in [-0.2, 0) is 29.0 Å². The molecule has 1 fully saturated rings. The number of nitrogens with zero attached hydrogens (tertiary/aromatic N) is 4. The van der Waals surface area contributed by atoms with Crippen LogP contribution in [0.25, 0.3) is 0 Å². The van der Waals surface area contributed by atoms with Gasteiger partial charge in [0.1, 0.15) is 11.6 Å². The van der Waals surface area contributed by atoms with Crippen molar-refractivity contribution in [2.24, 2.45) is 5.92 Å². The van der Waals surface area contributed by atoms with Crippen LogP contribution in [0.1, 0.15) is 28.4 Å². The summed E-state index contributed by atoms with van der Waals surface area (Å²) < 4.78 is 21.3. The van der Waals surface area contributed by atoms with Gasteiger partial charge in [-0.25, -0.2) is 4.39 Å². The van der Waals surface area contributed by atoms with Crippen LogP contribution in [-0.4, -0.2) is 57.8 Å². The lowest BCUT2D eigenvalue weighted by Gasteiger charge is -2.21. The molecule has 154 valence electrons. The number of benzene rings is 1. The maximum atomic E-state index is 14.1. The van der Waals surface area contributed by atoms with E-state index >= 15 is 0 Å². The SMILES string of the molecule is O=C(NCc1nnc2n1CCN(C(=O)c1c(F)cccc1Cl)CC2)[C@H]1CCOC1. The fraction of sp³-hybridized carbons (Fsp3) is 0.474. The number of fused-ring (bicyclic) bond motifs is 1. The van der Waals surface area contributed by atoms with Gasteiger partial charge in [0.05, 0.1) is 29.7 Å². The fourth-order valence-electron chi connectivity index (χ4n) is 3.63. The lowest BCUT2D eigenvalue weighted by atomic mass is 10.1. The number of nitrogens with one attached hydrogen (secondary N) is 1. The number of carbonyl (C=O) groups is 2. The summed E-state index contributed by atoms with van der Waals surface area (Å²) in [6.07, 6.45) is 1.20. The molecular formula is C19H21ClFN5O3. The fourth-order valence-corrected chi connectivity index (χ4v) is 3.87. The minimum Gasteiger partial charge on any atom is -0.381 e. The Morgan fingerprint density at radius 2 is 2.14 bits per heavy atom. The second kappa shape index (κ2) is 8.46. The van der Waals surface area contributed by atoms with E-state index in [2.05, 4.69) is 15.5 Å². The molecule has 1 aromatic carbocycles. The number of ether oxygens (including phenoxy) is 1. The van der Waals surface area contributed by atoms with Crippen LogP contribution in [0.4, 0.5) is 4.39 Å². The molecule has 0 spiro atoms. The second-order valence-electron chi connectivity index (χ2n) is 7.10. The van der Waals surface area contributed by atoms with Gasteiger partial charge in [-0.15, -0.1) is 10.2 Å². The van der Waals surface area contributed by atoms with Gasteiger partial charge in [0.2, 0.25) is 5.91 Å². The highest BCUT2D eigenvalue weighted by Crippen LogP contribution is 2.22. The van der Waals surface area contributed by atoms with E-state index in [-0.39, 0.29) is 29.0 Å². The zero-order chi connectivity index (χ0) is 20.4. The third-order valence-corrected chi connectivity index (χ3v) is 5.60. The maximum Gasteiger partial charge on any atom is 0.258 e. The van der Waals surface area contributed by atoms with Crippen molar-refractivity contribution in [2.45, 2.75) is 25.9 Å². The van der Waals surface area contributed by atoms with Gasteiger partial charge in [-0.1, -0.05) is 17.7 Å². The number of rotatable bonds is 4. The van der Waals surface area contributed by atoms with Crippen molar-refractivity contribution >= 4 is 23.4 Å². The van der Waals surface area contributed by atoms with Crippen LogP contribution in [0, 0.1) is 11.7 Å². The van der Waals surface area contributed by atoms with Gasteiger partial charge in [0.25, 0.3) is 5.91 Å². The number of aromatic nitrogens is 3. The number of hydrogen-bond acceptors (Lipinski definition) is 5. The van der Waals surface area contributed by atoms with Gasteiger partial charge >= 0.3 is 0 Å². The molecule has 0 saturated carbocycles. The molecule has 10 heteroatoms. The Kier molecular flexibility index (Phi) is 5.77. The molecule has 4 rings (SSSR count). The predicted molar refractivity (Wildman–Crippen MR) is 102 cm³/mol. The van der Waals surface area contributed by atoms with E-state index in [0.29, 0.717) is 45.1 Å². The first kappa shape index (κ1) is 19.8. The van der Waals surface area contributed by atoms with E-state index in [9.17, 15) is 14.0 Å². The van der Waals surface area contributed by atoms with Crippen molar-refractivity contribution in [3.8, 4) is 0 Å². The van der Waals surface area contributed by atoms with Crippen LogP contribution in [0.3, 0.4) is 0 Å². The van der Waals surface area contributed by atoms with E-state index in [1.54, 1.807) is 4.90 Å². The monoisotopic (exact) mass is 421 g/mol. The van der Waals surface area contributed by atoms with Crippen molar-refractivity contribution in [3.63, 3.8) is 0 Å². The summed E-state index contributed by atoms with van der Waals surface area (Å²) in [7, 11) is 0. The first-order chi connectivity index (χ1) is 14.0. The average molecular weight is 422 g/mol. The van der Waals surface area contributed by atoms with E-state index < -0.39 is 11.7 Å². The molecule has 0 aliphatic carbocycles. The van der Waals surface area contributed by atoms with Gasteiger partial charge in [0.15, 0.2) is 5.82 Å². The minimum atomic E-state index is -0.634. The Labute approximate surface area is 172 Å². The van der Waals surface area contributed by atoms with Crippen LogP contribution < -0.4 is 5.32 Å². The molecule has 29 heavy (non-hydrogen) atoms. The summed E-state index contributed by atoms with van der Waals surface area (Å²) in [5, 5.41) is 11.3. The molecule has 2 aliphatic rings. The molecule has 2 aliphatic heterocycles. The number of hydrogen-bond donors (Lipinski definition) is 1. The topological polar surface area (TPSA) is 89.4 Å². The highest BCUT2D eigenvalue weighted by Gasteiger charge is 2.27. The van der Waals surface area contributed by atoms with Gasteiger partial charge in [-0.3, -0.25) is 9.59 Å². The molecule has 0 radical (unpaired) electrons. The van der Waals surface area contributed by atoms with Crippen LogP contribution in [0.2, 0.25) is 5.02 Å². The zero-order valence-corrected chi connectivity index (χ0v) is 16.5. The van der Waals surface area contributed by atoms with Crippen molar-refractivity contribution in [2.75, 3.05) is 26.3 Å². The number of halogens is 2. The summed E-state index contributed by atoms with van der Waals surface area (Å²) in [5.74, 6) is 0.104. The summed E-state index contributed by atoms with van der Waals surface area (Å²) in [4.78, 5) is 26.6.